The van der Waals surface area contributed by atoms with Crippen molar-refractivity contribution >= 4 is 11.9 Å². The molecule has 0 aliphatic heterocycles. The third kappa shape index (κ3) is 2.99. The number of aryl methyl sites for hydroxylation is 1. The van der Waals surface area contributed by atoms with Gasteiger partial charge in [-0.25, -0.2) is 0 Å². The third-order valence-electron chi connectivity index (χ3n) is 3.34. The minimum Gasteiger partial charge on any atom is -0.493 e. The molecule has 0 N–H and O–H groups in total. The van der Waals surface area contributed by atoms with E-state index in [0.29, 0.717) is 5.75 Å². The highest BCUT2D eigenvalue weighted by Crippen LogP contribution is 2.27. The molecule has 0 fully saturated rings. The molecular formula is C17H19NO2. The molecule has 0 unspecified atom stereocenters. The Bertz CT molecular complexity index is 633. The van der Waals surface area contributed by atoms with Crippen molar-refractivity contribution < 1.29 is 9.47 Å². The Labute approximate surface area is 119 Å². The van der Waals surface area contributed by atoms with Crippen LogP contribution in [0.5, 0.6) is 11.5 Å². The number of benzene rings is 2. The van der Waals surface area contributed by atoms with Gasteiger partial charge in [-0.1, -0.05) is 12.1 Å². The SMILES string of the molecule is COc1ccc(C=Nc2cccc(C)c2C)cc1OC. The minimum atomic E-state index is 0.706. The highest BCUT2D eigenvalue weighted by molar-refractivity contribution is 5.83. The summed E-state index contributed by atoms with van der Waals surface area (Å²) in [6, 6.07) is 11.9. The average molecular weight is 269 g/mol. The van der Waals surface area contributed by atoms with Crippen molar-refractivity contribution in [2.45, 2.75) is 13.8 Å². The maximum atomic E-state index is 5.29. The number of aliphatic imine (C=N–C) groups is 1. The van der Waals surface area contributed by atoms with Gasteiger partial charge in [-0.2, -0.15) is 0 Å². The molecule has 0 amide bonds. The van der Waals surface area contributed by atoms with Crippen LogP contribution in [-0.2, 0) is 0 Å². The van der Waals surface area contributed by atoms with E-state index in [9.17, 15) is 0 Å². The van der Waals surface area contributed by atoms with Gasteiger partial charge >= 0.3 is 0 Å². The van der Waals surface area contributed by atoms with Gasteiger partial charge in [0.05, 0.1) is 19.9 Å². The fourth-order valence-electron chi connectivity index (χ4n) is 1.95. The van der Waals surface area contributed by atoms with Crippen LogP contribution in [-0.4, -0.2) is 20.4 Å². The molecule has 2 aromatic rings. The van der Waals surface area contributed by atoms with Crippen molar-refractivity contribution in [1.29, 1.82) is 0 Å². The standard InChI is InChI=1S/C17H19NO2/c1-12-6-5-7-15(13(12)2)18-11-14-8-9-16(19-3)17(10-14)20-4/h5-11H,1-4H3. The van der Waals surface area contributed by atoms with E-state index in [1.807, 2.05) is 36.5 Å². The lowest BCUT2D eigenvalue weighted by Gasteiger charge is -2.07. The topological polar surface area (TPSA) is 30.8 Å². The summed E-state index contributed by atoms with van der Waals surface area (Å²) < 4.78 is 10.5. The van der Waals surface area contributed by atoms with E-state index in [2.05, 4.69) is 24.9 Å². The summed E-state index contributed by atoms with van der Waals surface area (Å²) in [6.45, 7) is 4.17. The Hall–Kier alpha value is -2.29. The van der Waals surface area contributed by atoms with Crippen LogP contribution in [0.15, 0.2) is 41.4 Å². The Morgan fingerprint density at radius 1 is 0.950 bits per heavy atom. The first-order valence-electron chi connectivity index (χ1n) is 6.48. The lowest BCUT2D eigenvalue weighted by molar-refractivity contribution is 0.355. The van der Waals surface area contributed by atoms with E-state index < -0.39 is 0 Å². The predicted octanol–water partition coefficient (Wildman–Crippen LogP) is 4.07. The largest absolute Gasteiger partial charge is 0.493 e. The van der Waals surface area contributed by atoms with Crippen LogP contribution < -0.4 is 9.47 Å². The maximum absolute atomic E-state index is 5.29. The van der Waals surface area contributed by atoms with Gasteiger partial charge in [-0.05, 0) is 54.8 Å². The van der Waals surface area contributed by atoms with Crippen LogP contribution in [0.4, 0.5) is 5.69 Å². The molecule has 3 heteroatoms. The van der Waals surface area contributed by atoms with Gasteiger partial charge < -0.3 is 9.47 Å². The molecule has 0 radical (unpaired) electrons. The summed E-state index contributed by atoms with van der Waals surface area (Å²) in [5.41, 5.74) is 4.40. The number of ether oxygens (including phenoxy) is 2. The second-order valence-electron chi connectivity index (χ2n) is 4.59. The molecule has 2 rings (SSSR count). The van der Waals surface area contributed by atoms with E-state index in [1.54, 1.807) is 14.2 Å². The Balaban J connectivity index is 2.29. The quantitative estimate of drug-likeness (QED) is 0.783. The van der Waals surface area contributed by atoms with Gasteiger partial charge in [-0.3, -0.25) is 4.99 Å². The first-order valence-corrected chi connectivity index (χ1v) is 6.48. The molecule has 0 bridgehead atoms. The van der Waals surface area contributed by atoms with Gasteiger partial charge in [-0.15, -0.1) is 0 Å². The number of rotatable bonds is 4. The Kier molecular flexibility index (Phi) is 4.41. The van der Waals surface area contributed by atoms with E-state index in [4.69, 9.17) is 9.47 Å². The van der Waals surface area contributed by atoms with Crippen LogP contribution >= 0.6 is 0 Å². The van der Waals surface area contributed by atoms with Gasteiger partial charge in [0, 0.05) is 6.21 Å². The molecule has 104 valence electrons. The van der Waals surface area contributed by atoms with Gasteiger partial charge in [0.15, 0.2) is 11.5 Å². The third-order valence-corrected chi connectivity index (χ3v) is 3.34. The smallest absolute Gasteiger partial charge is 0.161 e. The molecule has 0 heterocycles. The summed E-state index contributed by atoms with van der Waals surface area (Å²) in [6.07, 6.45) is 1.84. The van der Waals surface area contributed by atoms with Crippen molar-refractivity contribution in [2.24, 2.45) is 4.99 Å². The summed E-state index contributed by atoms with van der Waals surface area (Å²) in [5.74, 6) is 1.42. The first kappa shape index (κ1) is 14.1. The summed E-state index contributed by atoms with van der Waals surface area (Å²) in [7, 11) is 3.26. The summed E-state index contributed by atoms with van der Waals surface area (Å²) in [5, 5.41) is 0. The van der Waals surface area contributed by atoms with E-state index in [1.165, 1.54) is 11.1 Å². The molecule has 0 aliphatic rings. The Morgan fingerprint density at radius 2 is 1.70 bits per heavy atom. The lowest BCUT2D eigenvalue weighted by atomic mass is 10.1. The zero-order valence-electron chi connectivity index (χ0n) is 12.3. The molecule has 0 saturated carbocycles. The van der Waals surface area contributed by atoms with Crippen molar-refractivity contribution in [3.63, 3.8) is 0 Å². The summed E-state index contributed by atoms with van der Waals surface area (Å²) >= 11 is 0. The monoisotopic (exact) mass is 269 g/mol. The highest BCUT2D eigenvalue weighted by atomic mass is 16.5. The Morgan fingerprint density at radius 3 is 2.40 bits per heavy atom. The molecule has 2 aromatic carbocycles. The molecule has 0 spiro atoms. The first-order chi connectivity index (χ1) is 9.65. The van der Waals surface area contributed by atoms with E-state index in [-0.39, 0.29) is 0 Å². The number of nitrogens with zero attached hydrogens (tertiary/aromatic N) is 1. The zero-order valence-corrected chi connectivity index (χ0v) is 12.3. The fourth-order valence-corrected chi connectivity index (χ4v) is 1.95. The van der Waals surface area contributed by atoms with Crippen LogP contribution in [0.1, 0.15) is 16.7 Å². The van der Waals surface area contributed by atoms with Crippen molar-refractivity contribution in [3.05, 3.63) is 53.1 Å². The molecule has 0 atom stereocenters. The molecule has 0 aliphatic carbocycles. The predicted molar refractivity (Wildman–Crippen MR) is 82.7 cm³/mol. The van der Waals surface area contributed by atoms with E-state index in [0.717, 1.165) is 17.0 Å². The normalized spacial score (nSPS) is 10.8. The van der Waals surface area contributed by atoms with Crippen molar-refractivity contribution in [1.82, 2.24) is 0 Å². The second kappa shape index (κ2) is 6.24. The molecular weight excluding hydrogens is 250 g/mol. The van der Waals surface area contributed by atoms with Crippen LogP contribution in [0.3, 0.4) is 0 Å². The molecule has 20 heavy (non-hydrogen) atoms. The van der Waals surface area contributed by atoms with E-state index >= 15 is 0 Å². The molecule has 0 aromatic heterocycles. The lowest BCUT2D eigenvalue weighted by Crippen LogP contribution is -1.92. The van der Waals surface area contributed by atoms with Crippen LogP contribution in [0.2, 0.25) is 0 Å². The van der Waals surface area contributed by atoms with Crippen LogP contribution in [0, 0.1) is 13.8 Å². The van der Waals surface area contributed by atoms with Gasteiger partial charge in [0.2, 0.25) is 0 Å². The maximum Gasteiger partial charge on any atom is 0.161 e. The molecule has 3 nitrogen and oxygen atoms in total. The van der Waals surface area contributed by atoms with Gasteiger partial charge in [0.25, 0.3) is 0 Å². The summed E-state index contributed by atoms with van der Waals surface area (Å²) in [4.78, 5) is 4.55. The number of hydrogen-bond donors (Lipinski definition) is 0. The van der Waals surface area contributed by atoms with Gasteiger partial charge in [0.1, 0.15) is 0 Å². The van der Waals surface area contributed by atoms with Crippen molar-refractivity contribution in [3.8, 4) is 11.5 Å². The molecule has 0 saturated heterocycles. The minimum absolute atomic E-state index is 0.706. The highest BCUT2D eigenvalue weighted by Gasteiger charge is 2.03. The number of hydrogen-bond acceptors (Lipinski definition) is 3. The van der Waals surface area contributed by atoms with Crippen LogP contribution in [0.25, 0.3) is 0 Å². The zero-order chi connectivity index (χ0) is 14.5. The van der Waals surface area contributed by atoms with Crippen molar-refractivity contribution in [2.75, 3.05) is 14.2 Å². The average Bonchev–Trinajstić information content (AvgIpc) is 2.48. The second-order valence-corrected chi connectivity index (χ2v) is 4.59. The number of methoxy groups -OCH3 is 2. The fraction of sp³-hybridized carbons (Fsp3) is 0.235.